The van der Waals surface area contributed by atoms with Gasteiger partial charge in [-0.3, -0.25) is 9.69 Å². The molecule has 1 aliphatic heterocycles. The van der Waals surface area contributed by atoms with Gasteiger partial charge in [-0.25, -0.2) is 13.6 Å². The third kappa shape index (κ3) is 5.08. The van der Waals surface area contributed by atoms with Gasteiger partial charge in [0.05, 0.1) is 6.54 Å². The van der Waals surface area contributed by atoms with Crippen molar-refractivity contribution in [3.63, 3.8) is 0 Å². The molecule has 154 valence electrons. The van der Waals surface area contributed by atoms with Gasteiger partial charge in [0, 0.05) is 30.9 Å². The van der Waals surface area contributed by atoms with E-state index in [9.17, 15) is 18.4 Å². The third-order valence-corrected chi connectivity index (χ3v) is 4.63. The summed E-state index contributed by atoms with van der Waals surface area (Å²) in [6, 6.07) is 10.4. The van der Waals surface area contributed by atoms with Crippen molar-refractivity contribution in [2.24, 2.45) is 0 Å². The first-order chi connectivity index (χ1) is 13.8. The van der Waals surface area contributed by atoms with E-state index in [1.165, 1.54) is 11.0 Å². The highest BCUT2D eigenvalue weighted by Crippen LogP contribution is 2.21. The molecule has 0 saturated carbocycles. The molecule has 0 unspecified atom stereocenters. The van der Waals surface area contributed by atoms with Crippen LogP contribution in [0.1, 0.15) is 15.9 Å². The molecule has 1 saturated heterocycles. The number of hydrogen-bond acceptors (Lipinski definition) is 4. The predicted molar refractivity (Wildman–Crippen MR) is 105 cm³/mol. The highest BCUT2D eigenvalue weighted by Gasteiger charge is 2.25. The molecule has 0 radical (unpaired) electrons. The van der Waals surface area contributed by atoms with Crippen molar-refractivity contribution in [3.8, 4) is 0 Å². The molecule has 8 heteroatoms. The fourth-order valence-corrected chi connectivity index (χ4v) is 3.05. The SMILES string of the molecule is CN(C)CCN(Cc1ccc(F)c(F)c1)C(=O)c1cccc(N2CCOC2=O)c1. The molecule has 0 bridgehead atoms. The summed E-state index contributed by atoms with van der Waals surface area (Å²) in [5, 5.41) is 0. The third-order valence-electron chi connectivity index (χ3n) is 4.63. The Hall–Kier alpha value is -3.00. The normalized spacial score (nSPS) is 13.7. The number of likely N-dealkylation sites (N-methyl/N-ethyl adjacent to an activating group) is 1. The minimum atomic E-state index is -0.947. The summed E-state index contributed by atoms with van der Waals surface area (Å²) >= 11 is 0. The second-order valence-electron chi connectivity index (χ2n) is 7.09. The van der Waals surface area contributed by atoms with Gasteiger partial charge in [0.25, 0.3) is 5.91 Å². The second-order valence-corrected chi connectivity index (χ2v) is 7.09. The van der Waals surface area contributed by atoms with E-state index >= 15 is 0 Å². The van der Waals surface area contributed by atoms with E-state index in [4.69, 9.17) is 4.74 Å². The zero-order valence-corrected chi connectivity index (χ0v) is 16.4. The minimum Gasteiger partial charge on any atom is -0.447 e. The Morgan fingerprint density at radius 1 is 1.10 bits per heavy atom. The van der Waals surface area contributed by atoms with Crippen molar-refractivity contribution in [2.45, 2.75) is 6.54 Å². The van der Waals surface area contributed by atoms with Gasteiger partial charge >= 0.3 is 6.09 Å². The zero-order chi connectivity index (χ0) is 21.0. The summed E-state index contributed by atoms with van der Waals surface area (Å²) in [5.74, 6) is -2.13. The van der Waals surface area contributed by atoms with Gasteiger partial charge in [-0.1, -0.05) is 12.1 Å². The summed E-state index contributed by atoms with van der Waals surface area (Å²) in [7, 11) is 3.78. The van der Waals surface area contributed by atoms with E-state index in [1.54, 1.807) is 29.2 Å². The fourth-order valence-electron chi connectivity index (χ4n) is 3.05. The maximum atomic E-state index is 13.6. The number of nitrogens with zero attached hydrogens (tertiary/aromatic N) is 3. The Kier molecular flexibility index (Phi) is 6.43. The summed E-state index contributed by atoms with van der Waals surface area (Å²) in [6.45, 7) is 1.88. The number of carbonyl (C=O) groups is 2. The average Bonchev–Trinajstić information content (AvgIpc) is 3.13. The van der Waals surface area contributed by atoms with Crippen LogP contribution in [0, 0.1) is 11.6 Å². The molecule has 1 aliphatic rings. The summed E-state index contributed by atoms with van der Waals surface area (Å²) in [4.78, 5) is 30.0. The van der Waals surface area contributed by atoms with Crippen LogP contribution in [0.3, 0.4) is 0 Å². The number of ether oxygens (including phenoxy) is 1. The number of anilines is 1. The van der Waals surface area contributed by atoms with Gasteiger partial charge in [-0.15, -0.1) is 0 Å². The summed E-state index contributed by atoms with van der Waals surface area (Å²) < 4.78 is 31.8. The molecule has 2 amide bonds. The van der Waals surface area contributed by atoms with E-state index < -0.39 is 17.7 Å². The predicted octanol–water partition coefficient (Wildman–Crippen LogP) is 3.13. The topological polar surface area (TPSA) is 53.1 Å². The van der Waals surface area contributed by atoms with Crippen LogP contribution in [-0.4, -0.2) is 62.1 Å². The second kappa shape index (κ2) is 9.00. The molecular weight excluding hydrogens is 380 g/mol. The molecular formula is C21H23F2N3O3. The van der Waals surface area contributed by atoms with E-state index in [-0.39, 0.29) is 12.5 Å². The van der Waals surface area contributed by atoms with Gasteiger partial charge in [0.15, 0.2) is 11.6 Å². The Labute approximate surface area is 168 Å². The molecule has 6 nitrogen and oxygen atoms in total. The van der Waals surface area contributed by atoms with Crippen molar-refractivity contribution >= 4 is 17.7 Å². The molecule has 1 heterocycles. The maximum absolute atomic E-state index is 13.6. The summed E-state index contributed by atoms with van der Waals surface area (Å²) in [5.41, 5.74) is 1.48. The molecule has 2 aromatic rings. The lowest BCUT2D eigenvalue weighted by atomic mass is 10.1. The van der Waals surface area contributed by atoms with Crippen LogP contribution in [0.25, 0.3) is 0 Å². The number of amides is 2. The highest BCUT2D eigenvalue weighted by molar-refractivity contribution is 5.97. The van der Waals surface area contributed by atoms with Gasteiger partial charge < -0.3 is 14.5 Å². The lowest BCUT2D eigenvalue weighted by Crippen LogP contribution is -2.36. The number of carbonyl (C=O) groups excluding carboxylic acids is 2. The Bertz CT molecular complexity index is 904. The molecule has 0 N–H and O–H groups in total. The lowest BCUT2D eigenvalue weighted by Gasteiger charge is -2.25. The minimum absolute atomic E-state index is 0.139. The van der Waals surface area contributed by atoms with Gasteiger partial charge in [0.1, 0.15) is 6.61 Å². The van der Waals surface area contributed by atoms with Crippen LogP contribution in [0.5, 0.6) is 0 Å². The van der Waals surface area contributed by atoms with Crippen molar-refractivity contribution in [2.75, 3.05) is 45.2 Å². The van der Waals surface area contributed by atoms with Crippen LogP contribution < -0.4 is 4.90 Å². The van der Waals surface area contributed by atoms with Crippen LogP contribution in [0.4, 0.5) is 19.3 Å². The lowest BCUT2D eigenvalue weighted by molar-refractivity contribution is 0.0731. The number of benzene rings is 2. The van der Waals surface area contributed by atoms with E-state index in [1.807, 2.05) is 19.0 Å². The van der Waals surface area contributed by atoms with Crippen LogP contribution >= 0.6 is 0 Å². The molecule has 3 rings (SSSR count). The molecule has 0 spiro atoms. The number of rotatable bonds is 7. The molecule has 29 heavy (non-hydrogen) atoms. The van der Waals surface area contributed by atoms with E-state index in [2.05, 4.69) is 0 Å². The fraction of sp³-hybridized carbons (Fsp3) is 0.333. The molecule has 0 aliphatic carbocycles. The standard InChI is InChI=1S/C21H23F2N3O3/c1-24(2)8-9-25(14-15-6-7-18(22)19(23)12-15)20(27)16-4-3-5-17(13-16)26-10-11-29-21(26)28/h3-7,12-13H,8-11,14H2,1-2H3. The smallest absolute Gasteiger partial charge is 0.414 e. The van der Waals surface area contributed by atoms with Crippen molar-refractivity contribution in [1.82, 2.24) is 9.80 Å². The largest absolute Gasteiger partial charge is 0.447 e. The highest BCUT2D eigenvalue weighted by atomic mass is 19.2. The van der Waals surface area contributed by atoms with Gasteiger partial charge in [-0.2, -0.15) is 0 Å². The zero-order valence-electron chi connectivity index (χ0n) is 16.4. The maximum Gasteiger partial charge on any atom is 0.414 e. The monoisotopic (exact) mass is 403 g/mol. The first-order valence-electron chi connectivity index (χ1n) is 9.27. The molecule has 1 fully saturated rings. The Morgan fingerprint density at radius 2 is 1.90 bits per heavy atom. The van der Waals surface area contributed by atoms with E-state index in [0.717, 1.165) is 12.1 Å². The molecule has 0 atom stereocenters. The van der Waals surface area contributed by atoms with Crippen molar-refractivity contribution in [1.29, 1.82) is 0 Å². The first kappa shape index (κ1) is 20.7. The van der Waals surface area contributed by atoms with Crippen LogP contribution in [0.15, 0.2) is 42.5 Å². The quantitative estimate of drug-likeness (QED) is 0.713. The van der Waals surface area contributed by atoms with E-state index in [0.29, 0.717) is 43.1 Å². The number of halogens is 2. The Balaban J connectivity index is 1.83. The van der Waals surface area contributed by atoms with Crippen molar-refractivity contribution in [3.05, 3.63) is 65.2 Å². The van der Waals surface area contributed by atoms with Crippen LogP contribution in [0.2, 0.25) is 0 Å². The average molecular weight is 403 g/mol. The molecule has 2 aromatic carbocycles. The number of cyclic esters (lactones) is 1. The van der Waals surface area contributed by atoms with Gasteiger partial charge in [-0.05, 0) is 50.0 Å². The first-order valence-corrected chi connectivity index (χ1v) is 9.27. The van der Waals surface area contributed by atoms with Crippen LogP contribution in [-0.2, 0) is 11.3 Å². The van der Waals surface area contributed by atoms with Crippen molar-refractivity contribution < 1.29 is 23.1 Å². The summed E-state index contributed by atoms with van der Waals surface area (Å²) in [6.07, 6.45) is -0.444. The Morgan fingerprint density at radius 3 is 2.55 bits per heavy atom. The number of hydrogen-bond donors (Lipinski definition) is 0. The molecule has 0 aromatic heterocycles. The van der Waals surface area contributed by atoms with Gasteiger partial charge in [0.2, 0.25) is 0 Å².